The van der Waals surface area contributed by atoms with Crippen LogP contribution in [0.3, 0.4) is 0 Å². The summed E-state index contributed by atoms with van der Waals surface area (Å²) in [7, 11) is 0. The lowest BCUT2D eigenvalue weighted by atomic mass is 10.1. The van der Waals surface area contributed by atoms with Gasteiger partial charge in [0.2, 0.25) is 0 Å². The summed E-state index contributed by atoms with van der Waals surface area (Å²) in [4.78, 5) is 21.4. The van der Waals surface area contributed by atoms with Gasteiger partial charge in [0.05, 0.1) is 15.6 Å². The van der Waals surface area contributed by atoms with Crippen molar-refractivity contribution in [3.63, 3.8) is 0 Å². The Labute approximate surface area is 137 Å². The van der Waals surface area contributed by atoms with Crippen molar-refractivity contribution in [2.75, 3.05) is 0 Å². The summed E-state index contributed by atoms with van der Waals surface area (Å²) in [5.41, 5.74) is 1.11. The molecule has 1 atom stereocenters. The number of hydrogen-bond acceptors (Lipinski definition) is 4. The lowest BCUT2D eigenvalue weighted by molar-refractivity contribution is -0.332. The maximum atomic E-state index is 12.3. The molecule has 0 radical (unpaired) electrons. The molecule has 1 amide bonds. The molecule has 3 N–H and O–H groups in total. The number of halogens is 2. The fourth-order valence-electron chi connectivity index (χ4n) is 1.94. The Hall–Kier alpha value is -1.63. The van der Waals surface area contributed by atoms with E-state index in [0.717, 1.165) is 5.56 Å². The number of carbonyl (C=O) groups excluding carboxylic acids is 1. The van der Waals surface area contributed by atoms with Gasteiger partial charge in [0.15, 0.2) is 6.23 Å². The zero-order valence-corrected chi connectivity index (χ0v) is 13.0. The van der Waals surface area contributed by atoms with Crippen molar-refractivity contribution in [1.82, 2.24) is 5.32 Å². The molecule has 0 heterocycles. The molecule has 116 valence electrons. The lowest BCUT2D eigenvalue weighted by Gasteiger charge is -2.17. The molecule has 0 saturated heterocycles. The normalized spacial score (nSPS) is 12.0. The summed E-state index contributed by atoms with van der Waals surface area (Å²) >= 11 is 12.0. The maximum Gasteiger partial charge on any atom is 0.256 e. The highest BCUT2D eigenvalue weighted by Gasteiger charge is 2.20. The van der Waals surface area contributed by atoms with Crippen molar-refractivity contribution in [3.8, 4) is 0 Å². The van der Waals surface area contributed by atoms with Crippen LogP contribution < -0.4 is 11.2 Å². The summed E-state index contributed by atoms with van der Waals surface area (Å²) in [5.74, 6) is 4.45. The molecular formula is C15H14Cl2N2O3. The van der Waals surface area contributed by atoms with E-state index in [0.29, 0.717) is 6.42 Å². The third-order valence-electron chi connectivity index (χ3n) is 2.92. The predicted octanol–water partition coefficient (Wildman–Crippen LogP) is 3.11. The van der Waals surface area contributed by atoms with Crippen molar-refractivity contribution >= 4 is 29.1 Å². The van der Waals surface area contributed by atoms with Crippen LogP contribution in [0.5, 0.6) is 0 Å². The first-order valence-corrected chi connectivity index (χ1v) is 7.18. The van der Waals surface area contributed by atoms with E-state index in [2.05, 4.69) is 10.3 Å². The van der Waals surface area contributed by atoms with Gasteiger partial charge in [-0.25, -0.2) is 0 Å². The Balaban J connectivity index is 2.12. The Kier molecular flexibility index (Phi) is 6.18. The van der Waals surface area contributed by atoms with Gasteiger partial charge < -0.3 is 5.32 Å². The highest BCUT2D eigenvalue weighted by molar-refractivity contribution is 6.39. The molecule has 0 saturated carbocycles. The molecular weight excluding hydrogens is 327 g/mol. The molecule has 0 spiro atoms. The van der Waals surface area contributed by atoms with Gasteiger partial charge in [-0.3, -0.25) is 4.79 Å². The van der Waals surface area contributed by atoms with E-state index in [1.54, 1.807) is 18.2 Å². The van der Waals surface area contributed by atoms with Gasteiger partial charge in [-0.15, -0.1) is 4.99 Å². The van der Waals surface area contributed by atoms with E-state index in [4.69, 9.17) is 34.0 Å². The molecule has 2 aromatic carbocycles. The molecule has 0 aliphatic carbocycles. The predicted molar refractivity (Wildman–Crippen MR) is 84.2 cm³/mol. The van der Waals surface area contributed by atoms with Crippen molar-refractivity contribution in [2.45, 2.75) is 12.6 Å². The zero-order valence-electron chi connectivity index (χ0n) is 11.5. The molecule has 0 aliphatic heterocycles. The van der Waals surface area contributed by atoms with E-state index in [-0.39, 0.29) is 15.6 Å². The quantitative estimate of drug-likeness (QED) is 0.481. The fourth-order valence-corrected chi connectivity index (χ4v) is 2.51. The highest BCUT2D eigenvalue weighted by Crippen LogP contribution is 2.24. The number of benzene rings is 2. The Morgan fingerprint density at radius 2 is 1.73 bits per heavy atom. The molecule has 7 heteroatoms. The number of rotatable bonds is 6. The molecule has 22 heavy (non-hydrogen) atoms. The molecule has 2 aromatic rings. The van der Waals surface area contributed by atoms with Gasteiger partial charge in [0.25, 0.3) is 5.91 Å². The fraction of sp³-hybridized carbons (Fsp3) is 0.133. The van der Waals surface area contributed by atoms with Gasteiger partial charge in [-0.1, -0.05) is 59.6 Å². The standard InChI is InChI=1S/C15H14Cl2N2O3/c16-11-7-4-8-12(17)14(11)15(20)19-13(21-22-18)9-10-5-2-1-3-6-10/h1-8,13H,9,18H2,(H,19,20)/t13-/m0/s1. The Morgan fingerprint density at radius 1 is 1.09 bits per heavy atom. The second kappa shape index (κ2) is 8.12. The summed E-state index contributed by atoms with van der Waals surface area (Å²) in [6, 6.07) is 14.2. The molecule has 0 fully saturated rings. The van der Waals surface area contributed by atoms with Crippen LogP contribution in [0.2, 0.25) is 10.0 Å². The molecule has 0 aliphatic rings. The van der Waals surface area contributed by atoms with Gasteiger partial charge in [-0.05, 0) is 17.7 Å². The number of nitrogens with two attached hydrogens (primary N) is 1. The summed E-state index contributed by atoms with van der Waals surface area (Å²) in [6.07, 6.45) is -0.418. The van der Waals surface area contributed by atoms with E-state index in [1.807, 2.05) is 30.3 Å². The number of amides is 1. The SMILES string of the molecule is NOO[C@@H](Cc1ccccc1)NC(=O)c1c(Cl)cccc1Cl. The van der Waals surface area contributed by atoms with Crippen LogP contribution in [-0.4, -0.2) is 12.1 Å². The molecule has 2 rings (SSSR count). The summed E-state index contributed by atoms with van der Waals surface area (Å²) in [5, 5.41) is 3.12. The lowest BCUT2D eigenvalue weighted by Crippen LogP contribution is -2.39. The average molecular weight is 341 g/mol. The van der Waals surface area contributed by atoms with Gasteiger partial charge >= 0.3 is 0 Å². The van der Waals surface area contributed by atoms with Gasteiger partial charge in [-0.2, -0.15) is 10.8 Å². The van der Waals surface area contributed by atoms with E-state index in [9.17, 15) is 4.79 Å². The number of hydrogen-bond donors (Lipinski definition) is 2. The van der Waals surface area contributed by atoms with Crippen molar-refractivity contribution < 1.29 is 14.7 Å². The Bertz CT molecular complexity index is 618. The molecule has 5 nitrogen and oxygen atoms in total. The Morgan fingerprint density at radius 3 is 2.32 bits per heavy atom. The van der Waals surface area contributed by atoms with E-state index < -0.39 is 12.1 Å². The minimum Gasteiger partial charge on any atom is -0.324 e. The van der Waals surface area contributed by atoms with Crippen LogP contribution in [0.1, 0.15) is 15.9 Å². The smallest absolute Gasteiger partial charge is 0.256 e. The molecule has 0 unspecified atom stereocenters. The first-order chi connectivity index (χ1) is 10.6. The second-order valence-electron chi connectivity index (χ2n) is 4.44. The number of nitrogens with one attached hydrogen (secondary N) is 1. The minimum absolute atomic E-state index is 0.171. The van der Waals surface area contributed by atoms with Crippen LogP contribution >= 0.6 is 23.2 Å². The first-order valence-electron chi connectivity index (χ1n) is 6.43. The van der Waals surface area contributed by atoms with Crippen molar-refractivity contribution in [2.24, 2.45) is 5.90 Å². The molecule has 0 aromatic heterocycles. The van der Waals surface area contributed by atoms with Crippen LogP contribution in [0.25, 0.3) is 0 Å². The van der Waals surface area contributed by atoms with Crippen LogP contribution in [0, 0.1) is 0 Å². The van der Waals surface area contributed by atoms with Crippen molar-refractivity contribution in [3.05, 3.63) is 69.7 Å². The van der Waals surface area contributed by atoms with Crippen LogP contribution in [0.4, 0.5) is 0 Å². The zero-order chi connectivity index (χ0) is 15.9. The third-order valence-corrected chi connectivity index (χ3v) is 3.55. The molecule has 0 bridgehead atoms. The van der Waals surface area contributed by atoms with Crippen LogP contribution in [-0.2, 0) is 16.3 Å². The van der Waals surface area contributed by atoms with E-state index >= 15 is 0 Å². The summed E-state index contributed by atoms with van der Waals surface area (Å²) < 4.78 is 0. The highest BCUT2D eigenvalue weighted by atomic mass is 35.5. The van der Waals surface area contributed by atoms with Crippen LogP contribution in [0.15, 0.2) is 48.5 Å². The maximum absolute atomic E-state index is 12.3. The monoisotopic (exact) mass is 340 g/mol. The third kappa shape index (κ3) is 4.43. The average Bonchev–Trinajstić information content (AvgIpc) is 2.48. The van der Waals surface area contributed by atoms with Gasteiger partial charge in [0, 0.05) is 6.42 Å². The van der Waals surface area contributed by atoms with E-state index in [1.165, 1.54) is 0 Å². The minimum atomic E-state index is -0.785. The largest absolute Gasteiger partial charge is 0.324 e. The summed E-state index contributed by atoms with van der Waals surface area (Å²) in [6.45, 7) is 0. The first kappa shape index (κ1) is 16.7. The van der Waals surface area contributed by atoms with Gasteiger partial charge in [0.1, 0.15) is 0 Å². The second-order valence-corrected chi connectivity index (χ2v) is 5.26. The van der Waals surface area contributed by atoms with Crippen molar-refractivity contribution in [1.29, 1.82) is 0 Å². The number of carbonyl (C=O) groups is 1. The topological polar surface area (TPSA) is 73.6 Å².